The highest BCUT2D eigenvalue weighted by Gasteiger charge is 2.61. The molecule has 62 heavy (non-hydrogen) atoms. The van der Waals surface area contributed by atoms with Gasteiger partial charge in [0.25, 0.3) is 15.9 Å². The van der Waals surface area contributed by atoms with Gasteiger partial charge in [-0.05, 0) is 61.4 Å². The van der Waals surface area contributed by atoms with E-state index in [0.717, 1.165) is 11.3 Å². The van der Waals surface area contributed by atoms with Crippen LogP contribution in [0.3, 0.4) is 0 Å². The fourth-order valence-corrected chi connectivity index (χ4v) is 10.5. The Balaban J connectivity index is 1.22. The van der Waals surface area contributed by atoms with Crippen molar-refractivity contribution in [3.05, 3.63) is 84.0 Å². The molecule has 0 spiro atoms. The first kappa shape index (κ1) is 44.2. The number of hydrogen-bond acceptors (Lipinski definition) is 14. The molecule has 328 valence electrons. The summed E-state index contributed by atoms with van der Waals surface area (Å²) < 4.78 is 47.2. The molecule has 5 heterocycles. The third-order valence-corrected chi connectivity index (χ3v) is 14.1. The number of anilines is 1. The quantitative estimate of drug-likeness (QED) is 0.0684. The van der Waals surface area contributed by atoms with Gasteiger partial charge in [-0.3, -0.25) is 30.0 Å². The van der Waals surface area contributed by atoms with Crippen molar-refractivity contribution in [1.82, 2.24) is 35.8 Å². The summed E-state index contributed by atoms with van der Waals surface area (Å²) in [6, 6.07) is 10.7. The molecule has 1 aromatic carbocycles. The van der Waals surface area contributed by atoms with Gasteiger partial charge in [0.15, 0.2) is 10.9 Å². The lowest BCUT2D eigenvalue weighted by atomic mass is 9.86. The Morgan fingerprint density at radius 1 is 1.05 bits per heavy atom. The lowest BCUT2D eigenvalue weighted by Crippen LogP contribution is -2.60. The standard InChI is InChI=1S/C42H48N8O9S3/c1-8-24-20-42(24,39(54)48-47-37(52)32-11-9-15-58-32)46-36(51)31-18-26(21-50(31)38(53)35(41(4,5)6)49-62(55,56)34-12-10-16-60-34)59-33-19-29(30-22-61-40(45-30)43-23(2)3)44-28-17-25(57-7)13-14-27(28)33/h8-17,19,22-24,26,31,35,49H,1,18,20-21H2,2-7H3,(H,43,45)(H,46,51)(H,47,52)(H,48,54)/t24-,26-,31+,35-,42+/m1/s1. The van der Waals surface area contributed by atoms with Gasteiger partial charge in [-0.1, -0.05) is 32.9 Å². The summed E-state index contributed by atoms with van der Waals surface area (Å²) in [5.74, 6) is -2.35. The molecular weight excluding hydrogens is 857 g/mol. The number of nitrogens with zero attached hydrogens (tertiary/aromatic N) is 3. The minimum Gasteiger partial charge on any atom is -0.497 e. The number of aromatic nitrogens is 2. The molecule has 4 aromatic heterocycles. The first-order valence-corrected chi connectivity index (χ1v) is 23.0. The number of likely N-dealkylation sites (tertiary alicyclic amines) is 1. The highest BCUT2D eigenvalue weighted by atomic mass is 32.2. The van der Waals surface area contributed by atoms with E-state index in [1.54, 1.807) is 63.6 Å². The molecule has 17 nitrogen and oxygen atoms in total. The van der Waals surface area contributed by atoms with E-state index in [-0.39, 0.29) is 35.4 Å². The molecule has 1 saturated carbocycles. The maximum Gasteiger partial charge on any atom is 0.305 e. The van der Waals surface area contributed by atoms with Gasteiger partial charge in [0.1, 0.15) is 45.1 Å². The summed E-state index contributed by atoms with van der Waals surface area (Å²) in [5, 5.41) is 11.0. The molecule has 0 radical (unpaired) electrons. The number of furan rings is 1. The molecule has 0 bridgehead atoms. The van der Waals surface area contributed by atoms with Crippen molar-refractivity contribution in [2.45, 2.75) is 81.4 Å². The fourth-order valence-electron chi connectivity index (χ4n) is 7.22. The van der Waals surface area contributed by atoms with Crippen LogP contribution in [-0.4, -0.2) is 90.3 Å². The van der Waals surface area contributed by atoms with Gasteiger partial charge in [-0.15, -0.1) is 29.3 Å². The number of carbonyl (C=O) groups excluding carboxylic acids is 4. The Bertz CT molecular complexity index is 2590. The second-order valence-corrected chi connectivity index (χ2v) is 20.2. The fraction of sp³-hybridized carbons (Fsp3) is 0.381. The Kier molecular flexibility index (Phi) is 12.5. The maximum atomic E-state index is 14.9. The summed E-state index contributed by atoms with van der Waals surface area (Å²) in [6.07, 6.45) is 2.16. The Labute approximate surface area is 366 Å². The third kappa shape index (κ3) is 9.32. The van der Waals surface area contributed by atoms with E-state index in [1.165, 1.54) is 46.8 Å². The number of hydrazine groups is 1. The Morgan fingerprint density at radius 2 is 1.84 bits per heavy atom. The SMILES string of the molecule is C=C[C@@H]1C[C@@]1(NC(=O)[C@@H]1C[C@@H](Oc2cc(-c3csc(NC(C)C)n3)nc3cc(OC)ccc23)CN1C(=O)[C@@H](NS(=O)(=O)c1cccs1)C(C)(C)C)C(=O)NNC(=O)c1ccco1. The molecule has 2 fully saturated rings. The van der Waals surface area contributed by atoms with Gasteiger partial charge in [-0.2, -0.15) is 4.72 Å². The average Bonchev–Trinajstić information content (AvgIpc) is 3.91. The molecule has 0 unspecified atom stereocenters. The number of methoxy groups -OCH3 is 1. The van der Waals surface area contributed by atoms with Crippen LogP contribution in [0.4, 0.5) is 5.13 Å². The molecule has 5 N–H and O–H groups in total. The van der Waals surface area contributed by atoms with Crippen LogP contribution in [0, 0.1) is 11.3 Å². The zero-order chi connectivity index (χ0) is 44.6. The number of thiazole rings is 1. The van der Waals surface area contributed by atoms with E-state index in [4.69, 9.17) is 23.9 Å². The first-order chi connectivity index (χ1) is 29.4. The Hall–Kier alpha value is -5.83. The monoisotopic (exact) mass is 904 g/mol. The zero-order valence-electron chi connectivity index (χ0n) is 34.9. The predicted octanol–water partition coefficient (Wildman–Crippen LogP) is 5.11. The normalized spacial score (nSPS) is 20.4. The molecule has 2 aliphatic rings. The van der Waals surface area contributed by atoms with E-state index in [0.29, 0.717) is 38.9 Å². The van der Waals surface area contributed by atoms with E-state index in [2.05, 4.69) is 32.8 Å². The number of hydrogen-bond donors (Lipinski definition) is 5. The number of ether oxygens (including phenoxy) is 2. The van der Waals surface area contributed by atoms with Crippen molar-refractivity contribution in [3.63, 3.8) is 0 Å². The number of thiophene rings is 1. The highest BCUT2D eigenvalue weighted by Crippen LogP contribution is 2.45. The smallest absolute Gasteiger partial charge is 0.305 e. The second-order valence-electron chi connectivity index (χ2n) is 16.5. The van der Waals surface area contributed by atoms with E-state index in [9.17, 15) is 27.6 Å². The molecule has 1 aliphatic carbocycles. The molecule has 5 aromatic rings. The number of pyridine rings is 1. The molecular formula is C42H48N8O9S3. The van der Waals surface area contributed by atoms with E-state index < -0.39 is 68.7 Å². The number of rotatable bonds is 15. The summed E-state index contributed by atoms with van der Waals surface area (Å²) in [4.78, 5) is 66.6. The number of benzene rings is 1. The van der Waals surface area contributed by atoms with Crippen LogP contribution in [0.5, 0.6) is 11.5 Å². The van der Waals surface area contributed by atoms with Crippen LogP contribution in [0.15, 0.2) is 86.8 Å². The van der Waals surface area contributed by atoms with Crippen LogP contribution in [-0.2, 0) is 24.4 Å². The molecule has 4 amide bonds. The number of carbonyl (C=O) groups is 4. The van der Waals surface area contributed by atoms with Crippen LogP contribution < -0.4 is 35.7 Å². The highest BCUT2D eigenvalue weighted by molar-refractivity contribution is 7.91. The van der Waals surface area contributed by atoms with Crippen molar-refractivity contribution in [3.8, 4) is 22.9 Å². The largest absolute Gasteiger partial charge is 0.497 e. The second kappa shape index (κ2) is 17.5. The van der Waals surface area contributed by atoms with Gasteiger partial charge in [0.2, 0.25) is 11.8 Å². The molecule has 7 rings (SSSR count). The van der Waals surface area contributed by atoms with E-state index >= 15 is 0 Å². The van der Waals surface area contributed by atoms with E-state index in [1.807, 2.05) is 19.2 Å². The molecule has 5 atom stereocenters. The molecule has 1 aliphatic heterocycles. The molecule has 1 saturated heterocycles. The topological polar surface area (TPSA) is 223 Å². The van der Waals surface area contributed by atoms with Crippen LogP contribution in [0.25, 0.3) is 22.3 Å². The zero-order valence-corrected chi connectivity index (χ0v) is 37.3. The summed E-state index contributed by atoms with van der Waals surface area (Å²) in [7, 11) is -2.60. The lowest BCUT2D eigenvalue weighted by molar-refractivity contribution is -0.142. The first-order valence-electron chi connectivity index (χ1n) is 19.8. The third-order valence-electron chi connectivity index (χ3n) is 10.5. The minimum atomic E-state index is -4.15. The van der Waals surface area contributed by atoms with Crippen LogP contribution in [0.2, 0.25) is 0 Å². The van der Waals surface area contributed by atoms with Gasteiger partial charge < -0.3 is 29.4 Å². The maximum absolute atomic E-state index is 14.9. The van der Waals surface area contributed by atoms with Crippen LogP contribution in [0.1, 0.15) is 58.0 Å². The van der Waals surface area contributed by atoms with Crippen molar-refractivity contribution in [1.29, 1.82) is 0 Å². The van der Waals surface area contributed by atoms with Crippen LogP contribution >= 0.6 is 22.7 Å². The Morgan fingerprint density at radius 3 is 2.48 bits per heavy atom. The predicted molar refractivity (Wildman–Crippen MR) is 234 cm³/mol. The van der Waals surface area contributed by atoms with Crippen molar-refractivity contribution in [2.24, 2.45) is 11.3 Å². The van der Waals surface area contributed by atoms with Gasteiger partial charge in [0.05, 0.1) is 31.1 Å². The van der Waals surface area contributed by atoms with Gasteiger partial charge in [0, 0.05) is 41.3 Å². The lowest BCUT2D eigenvalue weighted by Gasteiger charge is -2.35. The average molecular weight is 905 g/mol. The van der Waals surface area contributed by atoms with Crippen molar-refractivity contribution in [2.75, 3.05) is 19.0 Å². The number of amides is 4. The number of fused-ring (bicyclic) bond motifs is 1. The number of nitrogens with one attached hydrogen (secondary N) is 5. The number of sulfonamides is 1. The summed E-state index contributed by atoms with van der Waals surface area (Å²) in [6.45, 7) is 12.9. The minimum absolute atomic E-state index is 0.0250. The van der Waals surface area contributed by atoms with Crippen molar-refractivity contribution < 1.29 is 41.5 Å². The summed E-state index contributed by atoms with van der Waals surface area (Å²) in [5.41, 5.74) is 3.87. The molecule has 20 heteroatoms. The van der Waals surface area contributed by atoms with Crippen molar-refractivity contribution >= 4 is 72.4 Å². The van der Waals surface area contributed by atoms with Gasteiger partial charge in [-0.25, -0.2) is 18.4 Å². The van der Waals surface area contributed by atoms with Gasteiger partial charge >= 0.3 is 5.91 Å². The summed E-state index contributed by atoms with van der Waals surface area (Å²) >= 11 is 2.44.